The highest BCUT2D eigenvalue weighted by Gasteiger charge is 2.18. The van der Waals surface area contributed by atoms with Crippen LogP contribution in [0, 0.1) is 5.41 Å². The summed E-state index contributed by atoms with van der Waals surface area (Å²) in [5.74, 6) is 0. The molecule has 0 fully saturated rings. The van der Waals surface area contributed by atoms with Crippen LogP contribution in [0.3, 0.4) is 0 Å². The van der Waals surface area contributed by atoms with Crippen LogP contribution in [-0.4, -0.2) is 11.5 Å². The molecule has 1 aromatic carbocycles. The summed E-state index contributed by atoms with van der Waals surface area (Å²) in [6.45, 7) is 11.0. The van der Waals surface area contributed by atoms with Crippen LogP contribution in [0.25, 0.3) is 11.3 Å². The molecule has 1 heterocycles. The van der Waals surface area contributed by atoms with Gasteiger partial charge in [0.15, 0.2) is 0 Å². The van der Waals surface area contributed by atoms with Gasteiger partial charge in [0.05, 0.1) is 10.7 Å². The second kappa shape index (κ2) is 7.19. The summed E-state index contributed by atoms with van der Waals surface area (Å²) in [7, 11) is 0. The zero-order chi connectivity index (χ0) is 15.3. The van der Waals surface area contributed by atoms with Crippen LogP contribution in [0.1, 0.15) is 44.0 Å². The lowest BCUT2D eigenvalue weighted by Crippen LogP contribution is -2.13. The molecular formula is C18H26N2S. The first-order chi connectivity index (χ1) is 9.99. The van der Waals surface area contributed by atoms with E-state index in [0.717, 1.165) is 31.6 Å². The van der Waals surface area contributed by atoms with Crippen LogP contribution in [0.5, 0.6) is 0 Å². The number of aromatic nitrogens is 1. The molecule has 2 nitrogen and oxygen atoms in total. The Morgan fingerprint density at radius 3 is 2.48 bits per heavy atom. The van der Waals surface area contributed by atoms with Gasteiger partial charge in [-0.1, -0.05) is 58.0 Å². The number of nitrogens with zero attached hydrogens (tertiary/aromatic N) is 1. The van der Waals surface area contributed by atoms with Crippen molar-refractivity contribution in [3.05, 3.63) is 40.2 Å². The van der Waals surface area contributed by atoms with Crippen molar-refractivity contribution in [2.45, 2.75) is 47.1 Å². The molecule has 0 amide bonds. The lowest BCUT2D eigenvalue weighted by atomic mass is 9.93. The molecule has 2 rings (SSSR count). The molecule has 114 valence electrons. The zero-order valence-electron chi connectivity index (χ0n) is 13.6. The molecule has 3 heteroatoms. The number of benzene rings is 1. The van der Waals surface area contributed by atoms with Crippen molar-refractivity contribution in [3.8, 4) is 11.3 Å². The molecule has 2 aromatic rings. The lowest BCUT2D eigenvalue weighted by molar-refractivity contribution is 0.410. The smallest absolute Gasteiger partial charge is 0.0941 e. The van der Waals surface area contributed by atoms with Gasteiger partial charge in [-0.25, -0.2) is 4.98 Å². The predicted octanol–water partition coefficient (Wildman–Crippen LogP) is 4.90. The van der Waals surface area contributed by atoms with Crippen molar-refractivity contribution in [2.24, 2.45) is 5.41 Å². The van der Waals surface area contributed by atoms with Crippen molar-refractivity contribution in [2.75, 3.05) is 6.54 Å². The van der Waals surface area contributed by atoms with Gasteiger partial charge in [-0.15, -0.1) is 11.3 Å². The van der Waals surface area contributed by atoms with Crippen molar-refractivity contribution in [1.82, 2.24) is 10.3 Å². The number of rotatable bonds is 6. The summed E-state index contributed by atoms with van der Waals surface area (Å²) >= 11 is 1.86. The molecular weight excluding hydrogens is 276 g/mol. The van der Waals surface area contributed by atoms with E-state index in [1.807, 2.05) is 11.3 Å². The molecule has 0 aliphatic heterocycles. The number of thiazole rings is 1. The Hall–Kier alpha value is -1.19. The number of hydrogen-bond acceptors (Lipinski definition) is 3. The molecule has 21 heavy (non-hydrogen) atoms. The fourth-order valence-electron chi connectivity index (χ4n) is 2.25. The van der Waals surface area contributed by atoms with Gasteiger partial charge >= 0.3 is 0 Å². The lowest BCUT2D eigenvalue weighted by Gasteiger charge is -2.15. The van der Waals surface area contributed by atoms with Gasteiger partial charge in [0.25, 0.3) is 0 Å². The van der Waals surface area contributed by atoms with Crippen LogP contribution in [0.4, 0.5) is 0 Å². The Labute approximate surface area is 132 Å². The van der Waals surface area contributed by atoms with E-state index in [1.54, 1.807) is 0 Å². The maximum absolute atomic E-state index is 4.92. The Bertz CT molecular complexity index is 552. The van der Waals surface area contributed by atoms with Crippen molar-refractivity contribution >= 4 is 11.3 Å². The molecule has 0 spiro atoms. The SMILES string of the molecule is CCCNCc1sc(CC(C)(C)C)nc1-c1ccccc1. The first-order valence-electron chi connectivity index (χ1n) is 7.74. The average molecular weight is 302 g/mol. The van der Waals surface area contributed by atoms with E-state index in [2.05, 4.69) is 63.3 Å². The van der Waals surface area contributed by atoms with E-state index in [1.165, 1.54) is 15.4 Å². The van der Waals surface area contributed by atoms with Gasteiger partial charge in [0.2, 0.25) is 0 Å². The Morgan fingerprint density at radius 2 is 1.86 bits per heavy atom. The van der Waals surface area contributed by atoms with E-state index in [0.29, 0.717) is 0 Å². The Kier molecular flexibility index (Phi) is 5.54. The fraction of sp³-hybridized carbons (Fsp3) is 0.500. The third-order valence-electron chi connectivity index (χ3n) is 3.18. The van der Waals surface area contributed by atoms with E-state index in [-0.39, 0.29) is 5.41 Å². The average Bonchev–Trinajstić information content (AvgIpc) is 2.81. The quantitative estimate of drug-likeness (QED) is 0.768. The molecule has 1 aromatic heterocycles. The molecule has 0 radical (unpaired) electrons. The molecule has 1 N–H and O–H groups in total. The van der Waals surface area contributed by atoms with E-state index in [9.17, 15) is 0 Å². The van der Waals surface area contributed by atoms with Crippen LogP contribution in [0.15, 0.2) is 30.3 Å². The summed E-state index contributed by atoms with van der Waals surface area (Å²) in [6, 6.07) is 10.5. The third-order valence-corrected chi connectivity index (χ3v) is 4.24. The number of hydrogen-bond donors (Lipinski definition) is 1. The van der Waals surface area contributed by atoms with Gasteiger partial charge in [-0.05, 0) is 18.4 Å². The minimum Gasteiger partial charge on any atom is -0.312 e. The highest BCUT2D eigenvalue weighted by atomic mass is 32.1. The molecule has 0 saturated carbocycles. The third kappa shape index (κ3) is 4.94. The van der Waals surface area contributed by atoms with Gasteiger partial charge in [0.1, 0.15) is 0 Å². The minimum absolute atomic E-state index is 0.278. The van der Waals surface area contributed by atoms with Crippen LogP contribution in [0.2, 0.25) is 0 Å². The summed E-state index contributed by atoms with van der Waals surface area (Å²) < 4.78 is 0. The first-order valence-corrected chi connectivity index (χ1v) is 8.56. The van der Waals surface area contributed by atoms with E-state index >= 15 is 0 Å². The second-order valence-corrected chi connectivity index (χ2v) is 7.83. The molecule has 0 aliphatic rings. The van der Waals surface area contributed by atoms with Crippen molar-refractivity contribution in [3.63, 3.8) is 0 Å². The monoisotopic (exact) mass is 302 g/mol. The van der Waals surface area contributed by atoms with Crippen molar-refractivity contribution < 1.29 is 0 Å². The molecule has 0 atom stereocenters. The summed E-state index contributed by atoms with van der Waals surface area (Å²) in [4.78, 5) is 6.28. The normalized spacial score (nSPS) is 11.8. The van der Waals surface area contributed by atoms with Gasteiger partial charge < -0.3 is 5.32 Å². The summed E-state index contributed by atoms with van der Waals surface area (Å²) in [5.41, 5.74) is 2.66. The highest BCUT2D eigenvalue weighted by Crippen LogP contribution is 2.31. The second-order valence-electron chi connectivity index (χ2n) is 6.66. The Morgan fingerprint density at radius 1 is 1.14 bits per heavy atom. The topological polar surface area (TPSA) is 24.9 Å². The standard InChI is InChI=1S/C18H26N2S/c1-5-11-19-13-15-17(14-9-7-6-8-10-14)20-16(21-15)12-18(2,3)4/h6-10,19H,5,11-13H2,1-4H3. The van der Waals surface area contributed by atoms with E-state index < -0.39 is 0 Å². The molecule has 0 bridgehead atoms. The molecule has 0 saturated heterocycles. The first kappa shape index (κ1) is 16.2. The predicted molar refractivity (Wildman–Crippen MR) is 92.7 cm³/mol. The fourth-order valence-corrected chi connectivity index (χ4v) is 3.61. The maximum Gasteiger partial charge on any atom is 0.0941 e. The largest absolute Gasteiger partial charge is 0.312 e. The molecule has 0 unspecified atom stereocenters. The van der Waals surface area contributed by atoms with Crippen LogP contribution in [-0.2, 0) is 13.0 Å². The van der Waals surface area contributed by atoms with Gasteiger partial charge in [-0.3, -0.25) is 0 Å². The maximum atomic E-state index is 4.92. The van der Waals surface area contributed by atoms with Crippen molar-refractivity contribution in [1.29, 1.82) is 0 Å². The number of nitrogens with one attached hydrogen (secondary N) is 1. The Balaban J connectivity index is 2.27. The zero-order valence-corrected chi connectivity index (χ0v) is 14.4. The van der Waals surface area contributed by atoms with Crippen LogP contribution < -0.4 is 5.32 Å². The van der Waals surface area contributed by atoms with Crippen LogP contribution >= 0.6 is 11.3 Å². The minimum atomic E-state index is 0.278. The van der Waals surface area contributed by atoms with E-state index in [4.69, 9.17) is 4.98 Å². The summed E-state index contributed by atoms with van der Waals surface area (Å²) in [6.07, 6.45) is 2.19. The van der Waals surface area contributed by atoms with Gasteiger partial charge in [0, 0.05) is 23.4 Å². The molecule has 0 aliphatic carbocycles. The highest BCUT2D eigenvalue weighted by molar-refractivity contribution is 7.12. The summed E-state index contributed by atoms with van der Waals surface area (Å²) in [5, 5.41) is 4.75. The van der Waals surface area contributed by atoms with Gasteiger partial charge in [-0.2, -0.15) is 0 Å².